The molecule has 1 saturated carbocycles. The van der Waals surface area contributed by atoms with Gasteiger partial charge in [0.25, 0.3) is 0 Å². The molecule has 4 heteroatoms. The minimum Gasteiger partial charge on any atom is -0.481 e. The summed E-state index contributed by atoms with van der Waals surface area (Å²) in [6.45, 7) is 1.99. The fraction of sp³-hybridized carbons (Fsp3) is 0.818. The average Bonchev–Trinajstić information content (AvgIpc) is 1.98. The van der Waals surface area contributed by atoms with Crippen molar-refractivity contribution in [3.63, 3.8) is 0 Å². The summed E-state index contributed by atoms with van der Waals surface area (Å²) in [5.41, 5.74) is 0. The molecular formula is C11H19NO3. The Labute approximate surface area is 90.0 Å². The van der Waals surface area contributed by atoms with Crippen LogP contribution in [-0.4, -0.2) is 23.0 Å². The third-order valence-electron chi connectivity index (χ3n) is 2.88. The second kappa shape index (κ2) is 5.73. The minimum absolute atomic E-state index is 0.0340. The quantitative estimate of drug-likeness (QED) is 0.703. The highest BCUT2D eigenvalue weighted by Crippen LogP contribution is 2.26. The number of nitrogens with one attached hydrogen (secondary N) is 1. The van der Waals surface area contributed by atoms with Gasteiger partial charge in [0.1, 0.15) is 0 Å². The van der Waals surface area contributed by atoms with Crippen LogP contribution in [0.25, 0.3) is 0 Å². The van der Waals surface area contributed by atoms with Crippen molar-refractivity contribution >= 4 is 11.9 Å². The zero-order valence-electron chi connectivity index (χ0n) is 9.16. The molecule has 1 aliphatic rings. The molecule has 1 aliphatic carbocycles. The Bertz CT molecular complexity index is 236. The summed E-state index contributed by atoms with van der Waals surface area (Å²) >= 11 is 0. The van der Waals surface area contributed by atoms with Gasteiger partial charge in [0.2, 0.25) is 5.91 Å². The predicted molar refractivity (Wildman–Crippen MR) is 56.4 cm³/mol. The number of carbonyl (C=O) groups excluding carboxylic acids is 1. The van der Waals surface area contributed by atoms with E-state index in [1.54, 1.807) is 0 Å². The van der Waals surface area contributed by atoms with Crippen LogP contribution in [0, 0.1) is 5.92 Å². The van der Waals surface area contributed by atoms with Crippen molar-refractivity contribution in [1.82, 2.24) is 5.32 Å². The molecule has 0 aromatic heterocycles. The van der Waals surface area contributed by atoms with E-state index in [1.807, 2.05) is 6.92 Å². The van der Waals surface area contributed by atoms with Crippen molar-refractivity contribution in [3.8, 4) is 0 Å². The largest absolute Gasteiger partial charge is 0.481 e. The summed E-state index contributed by atoms with van der Waals surface area (Å²) in [5.74, 6) is -0.665. The molecule has 1 unspecified atom stereocenters. The van der Waals surface area contributed by atoms with Crippen LogP contribution in [0.4, 0.5) is 0 Å². The van der Waals surface area contributed by atoms with E-state index in [9.17, 15) is 9.59 Å². The van der Waals surface area contributed by atoms with Gasteiger partial charge in [-0.2, -0.15) is 0 Å². The Morgan fingerprint density at radius 1 is 1.47 bits per heavy atom. The van der Waals surface area contributed by atoms with E-state index in [2.05, 4.69) is 5.32 Å². The lowest BCUT2D eigenvalue weighted by atomic mass is 9.84. The van der Waals surface area contributed by atoms with E-state index >= 15 is 0 Å². The first-order chi connectivity index (χ1) is 7.13. The summed E-state index contributed by atoms with van der Waals surface area (Å²) < 4.78 is 0. The molecule has 0 saturated heterocycles. The molecule has 1 fully saturated rings. The zero-order valence-corrected chi connectivity index (χ0v) is 9.16. The number of carboxylic acids is 1. The van der Waals surface area contributed by atoms with Crippen molar-refractivity contribution in [2.45, 2.75) is 51.5 Å². The first-order valence-electron chi connectivity index (χ1n) is 5.65. The Hall–Kier alpha value is -1.06. The monoisotopic (exact) mass is 213 g/mol. The van der Waals surface area contributed by atoms with Gasteiger partial charge in [-0.15, -0.1) is 0 Å². The lowest BCUT2D eigenvalue weighted by Gasteiger charge is -2.26. The zero-order chi connectivity index (χ0) is 11.3. The number of rotatable bonds is 6. The number of amides is 1. The van der Waals surface area contributed by atoms with Gasteiger partial charge in [-0.25, -0.2) is 0 Å². The first kappa shape index (κ1) is 12.0. The molecule has 0 radical (unpaired) electrons. The van der Waals surface area contributed by atoms with Gasteiger partial charge < -0.3 is 10.4 Å². The van der Waals surface area contributed by atoms with Gasteiger partial charge in [0.05, 0.1) is 6.42 Å². The van der Waals surface area contributed by atoms with Crippen molar-refractivity contribution in [2.24, 2.45) is 5.92 Å². The Morgan fingerprint density at radius 2 is 2.13 bits per heavy atom. The van der Waals surface area contributed by atoms with E-state index in [-0.39, 0.29) is 24.3 Å². The molecule has 4 nitrogen and oxygen atoms in total. The molecule has 2 N–H and O–H groups in total. The molecular weight excluding hydrogens is 194 g/mol. The van der Waals surface area contributed by atoms with Crippen molar-refractivity contribution in [2.75, 3.05) is 0 Å². The summed E-state index contributed by atoms with van der Waals surface area (Å²) in [4.78, 5) is 22.2. The van der Waals surface area contributed by atoms with Crippen molar-refractivity contribution < 1.29 is 14.7 Å². The number of carboxylic acid groups (broad SMARTS) is 1. The second-order valence-corrected chi connectivity index (χ2v) is 4.22. The smallest absolute Gasteiger partial charge is 0.305 e. The van der Waals surface area contributed by atoms with Gasteiger partial charge in [-0.3, -0.25) is 9.59 Å². The van der Waals surface area contributed by atoms with Crippen LogP contribution in [-0.2, 0) is 9.59 Å². The maximum absolute atomic E-state index is 11.6. The topological polar surface area (TPSA) is 66.4 Å². The first-order valence-corrected chi connectivity index (χ1v) is 5.65. The van der Waals surface area contributed by atoms with Gasteiger partial charge in [-0.1, -0.05) is 19.8 Å². The molecule has 15 heavy (non-hydrogen) atoms. The molecule has 0 aromatic rings. The molecule has 0 heterocycles. The van der Waals surface area contributed by atoms with Crippen LogP contribution in [0.1, 0.15) is 45.4 Å². The maximum atomic E-state index is 11.6. The van der Waals surface area contributed by atoms with Crippen LogP contribution >= 0.6 is 0 Å². The fourth-order valence-corrected chi connectivity index (χ4v) is 1.77. The average molecular weight is 213 g/mol. The number of carbonyl (C=O) groups is 2. The predicted octanol–water partition coefficient (Wildman–Crippen LogP) is 1.55. The highest BCUT2D eigenvalue weighted by molar-refractivity contribution is 5.80. The minimum atomic E-state index is -0.845. The van der Waals surface area contributed by atoms with Crippen molar-refractivity contribution in [1.29, 1.82) is 0 Å². The van der Waals surface area contributed by atoms with Crippen LogP contribution in [0.3, 0.4) is 0 Å². The van der Waals surface area contributed by atoms with E-state index in [0.29, 0.717) is 0 Å². The lowest BCUT2D eigenvalue weighted by Crippen LogP contribution is -2.42. The van der Waals surface area contributed by atoms with E-state index in [4.69, 9.17) is 5.11 Å². The highest BCUT2D eigenvalue weighted by Gasteiger charge is 2.27. The van der Waals surface area contributed by atoms with Crippen molar-refractivity contribution in [3.05, 3.63) is 0 Å². The van der Waals surface area contributed by atoms with Crippen LogP contribution in [0.5, 0.6) is 0 Å². The number of hydrogen-bond acceptors (Lipinski definition) is 2. The number of hydrogen-bond donors (Lipinski definition) is 2. The number of aliphatic carboxylic acids is 1. The second-order valence-electron chi connectivity index (χ2n) is 4.22. The molecule has 86 valence electrons. The molecule has 1 atom stereocenters. The molecule has 0 aromatic carbocycles. The van der Waals surface area contributed by atoms with E-state index in [1.165, 1.54) is 0 Å². The fourth-order valence-electron chi connectivity index (χ4n) is 1.77. The summed E-state index contributed by atoms with van der Waals surface area (Å²) in [7, 11) is 0. The Kier molecular flexibility index (Phi) is 4.59. The highest BCUT2D eigenvalue weighted by atomic mass is 16.4. The van der Waals surface area contributed by atoms with Crippen LogP contribution in [0.2, 0.25) is 0 Å². The van der Waals surface area contributed by atoms with E-state index < -0.39 is 5.97 Å². The van der Waals surface area contributed by atoms with Gasteiger partial charge in [0.15, 0.2) is 0 Å². The third kappa shape index (κ3) is 3.90. The van der Waals surface area contributed by atoms with Gasteiger partial charge in [-0.05, 0) is 19.3 Å². The Balaban J connectivity index is 2.34. The molecule has 1 amide bonds. The SMILES string of the molecule is CCCC(CC(=O)O)NC(=O)C1CCC1. The lowest BCUT2D eigenvalue weighted by molar-refractivity contribution is -0.138. The molecule has 0 spiro atoms. The maximum Gasteiger partial charge on any atom is 0.305 e. The van der Waals surface area contributed by atoms with Gasteiger partial charge >= 0.3 is 5.97 Å². The van der Waals surface area contributed by atoms with E-state index in [0.717, 1.165) is 32.1 Å². The Morgan fingerprint density at radius 3 is 2.53 bits per heavy atom. The van der Waals surface area contributed by atoms with Crippen LogP contribution < -0.4 is 5.32 Å². The third-order valence-corrected chi connectivity index (χ3v) is 2.88. The summed E-state index contributed by atoms with van der Waals surface area (Å²) in [5, 5.41) is 11.5. The normalized spacial score (nSPS) is 17.9. The summed E-state index contributed by atoms with van der Waals surface area (Å²) in [6, 6.07) is -0.194. The van der Waals surface area contributed by atoms with Gasteiger partial charge in [0, 0.05) is 12.0 Å². The molecule has 0 aliphatic heterocycles. The molecule has 0 bridgehead atoms. The summed E-state index contributed by atoms with van der Waals surface area (Å²) in [6.07, 6.45) is 4.70. The molecule has 1 rings (SSSR count). The standard InChI is InChI=1S/C11H19NO3/c1-2-4-9(7-10(13)14)12-11(15)8-5-3-6-8/h8-9H,2-7H2,1H3,(H,12,15)(H,13,14). The van der Waals surface area contributed by atoms with Crippen LogP contribution in [0.15, 0.2) is 0 Å².